The maximum absolute atomic E-state index is 11.3. The molecule has 0 aliphatic carbocycles. The lowest BCUT2D eigenvalue weighted by molar-refractivity contribution is -0.129. The summed E-state index contributed by atoms with van der Waals surface area (Å²) in [5.74, 6) is 0.0531. The third-order valence-corrected chi connectivity index (χ3v) is 2.40. The zero-order chi connectivity index (χ0) is 9.61. The number of rotatable bonds is 6. The third-order valence-electron chi connectivity index (χ3n) is 2.40. The zero-order valence-electron chi connectivity index (χ0n) is 7.97. The SMILES string of the molecule is CCC[C@@](CO)(CCN)C(C)=O. The van der Waals surface area contributed by atoms with E-state index in [4.69, 9.17) is 10.8 Å². The molecule has 0 aliphatic rings. The van der Waals surface area contributed by atoms with E-state index in [1.165, 1.54) is 6.92 Å². The molecule has 3 heteroatoms. The number of carbonyl (C=O) groups excluding carboxylic acids is 1. The summed E-state index contributed by atoms with van der Waals surface area (Å²) in [6, 6.07) is 0. The molecule has 0 radical (unpaired) electrons. The largest absolute Gasteiger partial charge is 0.395 e. The van der Waals surface area contributed by atoms with Gasteiger partial charge in [0, 0.05) is 0 Å². The van der Waals surface area contributed by atoms with Gasteiger partial charge in [-0.3, -0.25) is 4.79 Å². The Kier molecular flexibility index (Phi) is 5.09. The second kappa shape index (κ2) is 5.27. The summed E-state index contributed by atoms with van der Waals surface area (Å²) in [6.07, 6.45) is 2.23. The Morgan fingerprint density at radius 2 is 2.08 bits per heavy atom. The average molecular weight is 173 g/mol. The lowest BCUT2D eigenvalue weighted by atomic mass is 9.77. The summed E-state index contributed by atoms with van der Waals surface area (Å²) in [4.78, 5) is 11.3. The van der Waals surface area contributed by atoms with Crippen LogP contribution in [0.1, 0.15) is 33.1 Å². The fourth-order valence-corrected chi connectivity index (χ4v) is 1.50. The van der Waals surface area contributed by atoms with E-state index in [1.54, 1.807) is 0 Å². The molecule has 0 rings (SSSR count). The lowest BCUT2D eigenvalue weighted by Crippen LogP contribution is -2.35. The molecule has 0 unspecified atom stereocenters. The summed E-state index contributed by atoms with van der Waals surface area (Å²) in [6.45, 7) is 3.92. The van der Waals surface area contributed by atoms with Gasteiger partial charge in [0.2, 0.25) is 0 Å². The maximum atomic E-state index is 11.3. The fourth-order valence-electron chi connectivity index (χ4n) is 1.50. The van der Waals surface area contributed by atoms with Crippen molar-refractivity contribution in [2.24, 2.45) is 11.1 Å². The van der Waals surface area contributed by atoms with Gasteiger partial charge in [0.1, 0.15) is 5.78 Å². The molecule has 0 bridgehead atoms. The highest BCUT2D eigenvalue weighted by molar-refractivity contribution is 5.82. The minimum atomic E-state index is -0.566. The molecule has 72 valence electrons. The number of hydrogen-bond donors (Lipinski definition) is 2. The van der Waals surface area contributed by atoms with Crippen molar-refractivity contribution in [3.8, 4) is 0 Å². The molecular formula is C9H19NO2. The molecule has 3 nitrogen and oxygen atoms in total. The van der Waals surface area contributed by atoms with Gasteiger partial charge in [-0.1, -0.05) is 13.3 Å². The van der Waals surface area contributed by atoms with Crippen LogP contribution in [0.4, 0.5) is 0 Å². The Morgan fingerprint density at radius 1 is 1.50 bits per heavy atom. The molecule has 0 heterocycles. The first-order chi connectivity index (χ1) is 5.63. The number of hydrogen-bond acceptors (Lipinski definition) is 3. The lowest BCUT2D eigenvalue weighted by Gasteiger charge is -2.28. The van der Waals surface area contributed by atoms with Gasteiger partial charge >= 0.3 is 0 Å². The fraction of sp³-hybridized carbons (Fsp3) is 0.889. The van der Waals surface area contributed by atoms with E-state index in [2.05, 4.69) is 0 Å². The molecule has 0 aromatic carbocycles. The minimum absolute atomic E-state index is 0.0531. The van der Waals surface area contributed by atoms with Crippen LogP contribution < -0.4 is 5.73 Å². The minimum Gasteiger partial charge on any atom is -0.395 e. The van der Waals surface area contributed by atoms with Crippen molar-refractivity contribution < 1.29 is 9.90 Å². The van der Waals surface area contributed by atoms with Crippen molar-refractivity contribution in [1.29, 1.82) is 0 Å². The predicted molar refractivity (Wildman–Crippen MR) is 48.8 cm³/mol. The van der Waals surface area contributed by atoms with Crippen molar-refractivity contribution >= 4 is 5.78 Å². The molecule has 1 atom stereocenters. The van der Waals surface area contributed by atoms with Crippen molar-refractivity contribution in [1.82, 2.24) is 0 Å². The third kappa shape index (κ3) is 2.57. The Hall–Kier alpha value is -0.410. The van der Waals surface area contributed by atoms with E-state index >= 15 is 0 Å². The molecule has 0 saturated carbocycles. The van der Waals surface area contributed by atoms with E-state index in [0.29, 0.717) is 13.0 Å². The quantitative estimate of drug-likeness (QED) is 0.621. The Labute approximate surface area is 74.0 Å². The number of ketones is 1. The van der Waals surface area contributed by atoms with E-state index in [1.807, 2.05) is 6.92 Å². The summed E-state index contributed by atoms with van der Waals surface area (Å²) >= 11 is 0. The highest BCUT2D eigenvalue weighted by atomic mass is 16.3. The summed E-state index contributed by atoms with van der Waals surface area (Å²) in [5.41, 5.74) is 4.83. The van der Waals surface area contributed by atoms with Crippen LogP contribution in [0.25, 0.3) is 0 Å². The molecule has 0 fully saturated rings. The zero-order valence-corrected chi connectivity index (χ0v) is 7.97. The molecule has 0 aliphatic heterocycles. The van der Waals surface area contributed by atoms with Crippen LogP contribution in [-0.4, -0.2) is 24.0 Å². The first kappa shape index (κ1) is 11.6. The van der Waals surface area contributed by atoms with Gasteiger partial charge in [0.05, 0.1) is 12.0 Å². The average Bonchev–Trinajstić information content (AvgIpc) is 2.03. The van der Waals surface area contributed by atoms with E-state index < -0.39 is 5.41 Å². The summed E-state index contributed by atoms with van der Waals surface area (Å²) in [5, 5.41) is 9.13. The van der Waals surface area contributed by atoms with Gasteiger partial charge in [-0.2, -0.15) is 0 Å². The Morgan fingerprint density at radius 3 is 2.33 bits per heavy atom. The van der Waals surface area contributed by atoms with Crippen LogP contribution in [0.2, 0.25) is 0 Å². The van der Waals surface area contributed by atoms with Gasteiger partial charge < -0.3 is 10.8 Å². The molecule has 3 N–H and O–H groups in total. The first-order valence-electron chi connectivity index (χ1n) is 4.45. The first-order valence-corrected chi connectivity index (χ1v) is 4.45. The van der Waals surface area contributed by atoms with Crippen LogP contribution in [0, 0.1) is 5.41 Å². The van der Waals surface area contributed by atoms with Crippen LogP contribution in [0.3, 0.4) is 0 Å². The number of nitrogens with two attached hydrogens (primary N) is 1. The van der Waals surface area contributed by atoms with Crippen molar-refractivity contribution in [3.63, 3.8) is 0 Å². The highest BCUT2D eigenvalue weighted by Crippen LogP contribution is 2.28. The summed E-state index contributed by atoms with van der Waals surface area (Å²) in [7, 11) is 0. The molecule has 0 saturated heterocycles. The molecule has 12 heavy (non-hydrogen) atoms. The molecule has 0 aromatic rings. The van der Waals surface area contributed by atoms with E-state index in [0.717, 1.165) is 12.8 Å². The van der Waals surface area contributed by atoms with Gasteiger partial charge in [-0.15, -0.1) is 0 Å². The van der Waals surface area contributed by atoms with Gasteiger partial charge in [0.25, 0.3) is 0 Å². The van der Waals surface area contributed by atoms with E-state index in [-0.39, 0.29) is 12.4 Å². The van der Waals surface area contributed by atoms with Gasteiger partial charge in [0.15, 0.2) is 0 Å². The molecule has 0 spiro atoms. The molecule has 0 aromatic heterocycles. The summed E-state index contributed by atoms with van der Waals surface area (Å²) < 4.78 is 0. The topological polar surface area (TPSA) is 63.3 Å². The van der Waals surface area contributed by atoms with Gasteiger partial charge in [-0.25, -0.2) is 0 Å². The van der Waals surface area contributed by atoms with Crippen LogP contribution in [0.15, 0.2) is 0 Å². The predicted octanol–water partition coefficient (Wildman–Crippen LogP) is 0.703. The monoisotopic (exact) mass is 173 g/mol. The van der Waals surface area contributed by atoms with Crippen LogP contribution in [0.5, 0.6) is 0 Å². The standard InChI is InChI=1S/C9H19NO2/c1-3-4-9(7-11,5-6-10)8(2)12/h11H,3-7,10H2,1-2H3/t9-/m0/s1. The van der Waals surface area contributed by atoms with Crippen molar-refractivity contribution in [3.05, 3.63) is 0 Å². The number of Topliss-reactive ketones (excluding diaryl/α,β-unsaturated/α-hetero) is 1. The van der Waals surface area contributed by atoms with Crippen LogP contribution >= 0.6 is 0 Å². The second-order valence-electron chi connectivity index (χ2n) is 3.28. The Balaban J connectivity index is 4.39. The van der Waals surface area contributed by atoms with E-state index in [9.17, 15) is 4.79 Å². The van der Waals surface area contributed by atoms with Crippen molar-refractivity contribution in [2.75, 3.05) is 13.2 Å². The maximum Gasteiger partial charge on any atom is 0.138 e. The molecule has 0 amide bonds. The number of aliphatic hydroxyl groups excluding tert-OH is 1. The van der Waals surface area contributed by atoms with Crippen molar-refractivity contribution in [2.45, 2.75) is 33.1 Å². The number of carbonyl (C=O) groups is 1. The molecular weight excluding hydrogens is 154 g/mol. The van der Waals surface area contributed by atoms with Crippen LogP contribution in [-0.2, 0) is 4.79 Å². The normalized spacial score (nSPS) is 15.7. The highest BCUT2D eigenvalue weighted by Gasteiger charge is 2.32. The number of aliphatic hydroxyl groups is 1. The van der Waals surface area contributed by atoms with Gasteiger partial charge in [-0.05, 0) is 26.3 Å². The Bertz CT molecular complexity index is 139. The smallest absolute Gasteiger partial charge is 0.138 e. The second-order valence-corrected chi connectivity index (χ2v) is 3.28.